The van der Waals surface area contributed by atoms with Crippen molar-refractivity contribution in [3.8, 4) is 11.1 Å². The molecule has 1 aromatic heterocycles. The lowest BCUT2D eigenvalue weighted by molar-refractivity contribution is 0.332. The SMILES string of the molecule is CC(C)(C)c1ccc(-c2ccccc2N2c3cc4c(cc3B3c5sc6ccc(C(C)(C)C)cc6c5C(C)(C)c5cc(C(C)(C)C)cc2c53)C(C)(C)CCC4(C)C)cc1. The molecule has 0 amide bonds. The zero-order valence-electron chi connectivity index (χ0n) is 38.0. The molecule has 6 aromatic rings. The van der Waals surface area contributed by atoms with Gasteiger partial charge in [0, 0.05) is 27.1 Å². The quantitative estimate of drug-likeness (QED) is 0.158. The highest BCUT2D eigenvalue weighted by Crippen LogP contribution is 2.52. The fourth-order valence-electron chi connectivity index (χ4n) is 10.6. The Morgan fingerprint density at radius 2 is 1.14 bits per heavy atom. The van der Waals surface area contributed by atoms with E-state index in [4.69, 9.17) is 0 Å². The zero-order valence-corrected chi connectivity index (χ0v) is 38.8. The second-order valence-electron chi connectivity index (χ2n) is 23.0. The predicted octanol–water partition coefficient (Wildman–Crippen LogP) is 13.7. The molecule has 3 heteroatoms. The summed E-state index contributed by atoms with van der Waals surface area (Å²) in [7, 11) is 0. The number of thiophene rings is 1. The van der Waals surface area contributed by atoms with Gasteiger partial charge in [-0.3, -0.25) is 0 Å². The Morgan fingerprint density at radius 1 is 0.552 bits per heavy atom. The van der Waals surface area contributed by atoms with Crippen LogP contribution in [-0.4, -0.2) is 6.71 Å². The first-order chi connectivity index (χ1) is 26.9. The monoisotopic (exact) mass is 781 g/mol. The number of fused-ring (bicyclic) bond motifs is 7. The molecular weight excluding hydrogens is 717 g/mol. The fourth-order valence-corrected chi connectivity index (χ4v) is 12.0. The van der Waals surface area contributed by atoms with Gasteiger partial charge in [0.1, 0.15) is 0 Å². The summed E-state index contributed by atoms with van der Waals surface area (Å²) in [5.41, 5.74) is 19.7. The third kappa shape index (κ3) is 5.91. The van der Waals surface area contributed by atoms with Gasteiger partial charge in [-0.2, -0.15) is 0 Å². The second-order valence-corrected chi connectivity index (χ2v) is 24.1. The maximum absolute atomic E-state index is 2.71. The molecule has 0 radical (unpaired) electrons. The van der Waals surface area contributed by atoms with Crippen LogP contribution in [0.15, 0.2) is 91.0 Å². The molecule has 0 saturated heterocycles. The second kappa shape index (κ2) is 12.5. The van der Waals surface area contributed by atoms with Gasteiger partial charge in [0.15, 0.2) is 0 Å². The Morgan fingerprint density at radius 3 is 1.76 bits per heavy atom. The minimum atomic E-state index is -0.202. The van der Waals surface area contributed by atoms with E-state index < -0.39 is 0 Å². The molecule has 0 spiro atoms. The highest BCUT2D eigenvalue weighted by Gasteiger charge is 2.50. The summed E-state index contributed by atoms with van der Waals surface area (Å²) in [6.45, 7) is 36.3. The molecule has 0 unspecified atom stereocenters. The van der Waals surface area contributed by atoms with Gasteiger partial charge in [-0.25, -0.2) is 0 Å². The van der Waals surface area contributed by atoms with Crippen molar-refractivity contribution >= 4 is 60.9 Å². The Balaban J connectivity index is 1.42. The molecule has 3 aliphatic rings. The van der Waals surface area contributed by atoms with Crippen molar-refractivity contribution in [3.63, 3.8) is 0 Å². The standard InChI is InChI=1S/C55H64BNS/c1-50(2,3)34-22-20-33(21-23-34)37-18-16-17-19-43(37)57-44-32-40-39(53(10,11)26-27-54(40,12)13)31-42(44)56-48-41(29-36(30-45(48)57)52(7,8)9)55(14,15)47-38-28-35(51(4,5)6)24-25-46(38)58-49(47)56/h16-25,28-32H,26-27H2,1-15H3. The summed E-state index contributed by atoms with van der Waals surface area (Å²) in [4.78, 5) is 2.71. The van der Waals surface area contributed by atoms with E-state index in [9.17, 15) is 0 Å². The topological polar surface area (TPSA) is 3.24 Å². The van der Waals surface area contributed by atoms with Gasteiger partial charge in [0.2, 0.25) is 0 Å². The van der Waals surface area contributed by atoms with Crippen molar-refractivity contribution in [1.29, 1.82) is 0 Å². The highest BCUT2D eigenvalue weighted by atomic mass is 32.1. The van der Waals surface area contributed by atoms with Crippen molar-refractivity contribution in [2.75, 3.05) is 4.90 Å². The lowest BCUT2D eigenvalue weighted by Crippen LogP contribution is -2.63. The Hall–Kier alpha value is -4.08. The molecule has 0 fully saturated rings. The van der Waals surface area contributed by atoms with Crippen LogP contribution in [0, 0.1) is 0 Å². The third-order valence-corrected chi connectivity index (χ3v) is 15.7. The average Bonchev–Trinajstić information content (AvgIpc) is 3.53. The molecule has 0 atom stereocenters. The largest absolute Gasteiger partial charge is 0.311 e. The van der Waals surface area contributed by atoms with Crippen molar-refractivity contribution < 1.29 is 0 Å². The summed E-state index contributed by atoms with van der Waals surface area (Å²) in [5, 5.41) is 1.44. The van der Waals surface area contributed by atoms with Crippen molar-refractivity contribution in [2.24, 2.45) is 0 Å². The lowest BCUT2D eigenvalue weighted by Gasteiger charge is -2.48. The molecule has 0 N–H and O–H groups in total. The molecule has 1 aliphatic carbocycles. The van der Waals surface area contributed by atoms with Gasteiger partial charge >= 0.3 is 0 Å². The molecular formula is C55H64BNS. The first-order valence-electron chi connectivity index (χ1n) is 21.8. The fraction of sp³-hybridized carbons (Fsp3) is 0.418. The minimum Gasteiger partial charge on any atom is -0.311 e. The number of nitrogens with zero attached hydrogens (tertiary/aromatic N) is 1. The van der Waals surface area contributed by atoms with E-state index in [2.05, 4.69) is 211 Å². The third-order valence-electron chi connectivity index (χ3n) is 14.5. The first kappa shape index (κ1) is 39.4. The van der Waals surface area contributed by atoms with Gasteiger partial charge in [-0.1, -0.05) is 165 Å². The Bertz CT molecular complexity index is 2640. The van der Waals surface area contributed by atoms with Gasteiger partial charge in [0.25, 0.3) is 6.71 Å². The van der Waals surface area contributed by atoms with Crippen LogP contribution in [0.5, 0.6) is 0 Å². The van der Waals surface area contributed by atoms with Gasteiger partial charge in [-0.15, -0.1) is 11.3 Å². The summed E-state index contributed by atoms with van der Waals surface area (Å²) in [6, 6.07) is 36.5. The summed E-state index contributed by atoms with van der Waals surface area (Å²) >= 11 is 2.05. The average molecular weight is 782 g/mol. The number of para-hydroxylation sites is 1. The van der Waals surface area contributed by atoms with Gasteiger partial charge in [0.05, 0.1) is 5.69 Å². The number of rotatable bonds is 2. The molecule has 0 saturated carbocycles. The minimum absolute atomic E-state index is 0.0381. The van der Waals surface area contributed by atoms with Crippen LogP contribution >= 0.6 is 11.3 Å². The van der Waals surface area contributed by atoms with E-state index >= 15 is 0 Å². The van der Waals surface area contributed by atoms with Crippen LogP contribution in [0.4, 0.5) is 17.1 Å². The lowest BCUT2D eigenvalue weighted by atomic mass is 9.32. The van der Waals surface area contributed by atoms with Crippen LogP contribution in [0.3, 0.4) is 0 Å². The van der Waals surface area contributed by atoms with Crippen molar-refractivity contribution in [2.45, 2.75) is 149 Å². The van der Waals surface area contributed by atoms with E-state index in [1.807, 2.05) is 0 Å². The predicted molar refractivity (Wildman–Crippen MR) is 257 cm³/mol. The van der Waals surface area contributed by atoms with Crippen LogP contribution in [-0.2, 0) is 32.5 Å². The van der Waals surface area contributed by atoms with Gasteiger partial charge in [-0.05, 0) is 136 Å². The molecule has 9 rings (SSSR count). The van der Waals surface area contributed by atoms with Crippen LogP contribution in [0.2, 0.25) is 0 Å². The van der Waals surface area contributed by atoms with Gasteiger partial charge < -0.3 is 4.90 Å². The van der Waals surface area contributed by atoms with E-state index in [1.165, 1.54) is 106 Å². The smallest absolute Gasteiger partial charge is 0.259 e. The zero-order chi connectivity index (χ0) is 41.7. The molecule has 298 valence electrons. The van der Waals surface area contributed by atoms with E-state index in [0.717, 1.165) is 0 Å². The Kier molecular flexibility index (Phi) is 8.48. The van der Waals surface area contributed by atoms with Crippen LogP contribution in [0.1, 0.15) is 156 Å². The van der Waals surface area contributed by atoms with E-state index in [-0.39, 0.29) is 39.2 Å². The maximum atomic E-state index is 2.71. The molecule has 0 bridgehead atoms. The molecule has 3 heterocycles. The summed E-state index contributed by atoms with van der Waals surface area (Å²) < 4.78 is 2.94. The summed E-state index contributed by atoms with van der Waals surface area (Å²) in [6.07, 6.45) is 2.38. The van der Waals surface area contributed by atoms with Crippen molar-refractivity contribution in [3.05, 3.63) is 130 Å². The van der Waals surface area contributed by atoms with Crippen LogP contribution in [0.25, 0.3) is 21.2 Å². The molecule has 5 aromatic carbocycles. The highest BCUT2D eigenvalue weighted by molar-refractivity contribution is 7.32. The normalized spacial score (nSPS) is 17.8. The molecule has 58 heavy (non-hydrogen) atoms. The van der Waals surface area contributed by atoms with E-state index in [0.29, 0.717) is 0 Å². The number of hydrogen-bond donors (Lipinski definition) is 0. The first-order valence-corrected chi connectivity index (χ1v) is 22.7. The maximum Gasteiger partial charge on any atom is 0.259 e. The van der Waals surface area contributed by atoms with E-state index in [1.54, 1.807) is 0 Å². The van der Waals surface area contributed by atoms with Crippen LogP contribution < -0.4 is 20.6 Å². The van der Waals surface area contributed by atoms with Crippen molar-refractivity contribution in [1.82, 2.24) is 0 Å². The number of hydrogen-bond acceptors (Lipinski definition) is 2. The summed E-state index contributed by atoms with van der Waals surface area (Å²) in [5.74, 6) is 0. The Labute approximate surface area is 354 Å². The number of benzene rings is 5. The molecule has 1 nitrogen and oxygen atoms in total. The number of anilines is 3. The molecule has 2 aliphatic heterocycles.